The SMILES string of the molecule is CC(C)(C)C1=C(C(C)(C)C)OC(C(C)(C)C)=C(C(C)(C)C)O1. The Morgan fingerprint density at radius 3 is 0.591 bits per heavy atom. The lowest BCUT2D eigenvalue weighted by Crippen LogP contribution is -2.33. The highest BCUT2D eigenvalue weighted by Gasteiger charge is 2.42. The second-order valence-corrected chi connectivity index (χ2v) is 10.5. The van der Waals surface area contributed by atoms with Gasteiger partial charge < -0.3 is 9.47 Å². The first-order chi connectivity index (χ1) is 9.45. The Morgan fingerprint density at radius 2 is 0.500 bits per heavy atom. The lowest BCUT2D eigenvalue weighted by Gasteiger charge is -2.42. The van der Waals surface area contributed by atoms with Gasteiger partial charge in [0.25, 0.3) is 0 Å². The zero-order valence-electron chi connectivity index (χ0n) is 16.8. The molecule has 0 saturated carbocycles. The van der Waals surface area contributed by atoms with Crippen LogP contribution in [0.1, 0.15) is 83.1 Å². The number of allylic oxidation sites excluding steroid dienone is 4. The summed E-state index contributed by atoms with van der Waals surface area (Å²) in [6, 6.07) is 0. The van der Waals surface area contributed by atoms with E-state index < -0.39 is 0 Å². The third-order valence-electron chi connectivity index (χ3n) is 3.55. The topological polar surface area (TPSA) is 18.5 Å². The van der Waals surface area contributed by atoms with Gasteiger partial charge in [-0.1, -0.05) is 83.1 Å². The predicted molar refractivity (Wildman–Crippen MR) is 94.0 cm³/mol. The monoisotopic (exact) mass is 308 g/mol. The molecule has 0 aromatic carbocycles. The average molecular weight is 309 g/mol. The van der Waals surface area contributed by atoms with E-state index in [9.17, 15) is 0 Å². The molecule has 0 aromatic heterocycles. The van der Waals surface area contributed by atoms with E-state index in [2.05, 4.69) is 83.1 Å². The van der Waals surface area contributed by atoms with Gasteiger partial charge in [-0.2, -0.15) is 0 Å². The highest BCUT2D eigenvalue weighted by Crippen LogP contribution is 2.50. The Labute approximate surface area is 138 Å². The number of hydrogen-bond donors (Lipinski definition) is 0. The van der Waals surface area contributed by atoms with Gasteiger partial charge in [-0.05, 0) is 0 Å². The van der Waals surface area contributed by atoms with Crippen LogP contribution in [0, 0.1) is 21.7 Å². The van der Waals surface area contributed by atoms with Crippen molar-refractivity contribution in [3.8, 4) is 0 Å². The molecule has 1 aliphatic rings. The van der Waals surface area contributed by atoms with Crippen molar-refractivity contribution in [2.75, 3.05) is 0 Å². The Kier molecular flexibility index (Phi) is 4.62. The normalized spacial score (nSPS) is 18.4. The minimum absolute atomic E-state index is 0.0947. The maximum absolute atomic E-state index is 6.53. The zero-order chi connectivity index (χ0) is 17.7. The molecule has 0 amide bonds. The Morgan fingerprint density at radius 1 is 0.364 bits per heavy atom. The van der Waals surface area contributed by atoms with E-state index >= 15 is 0 Å². The van der Waals surface area contributed by atoms with Crippen LogP contribution >= 0.6 is 0 Å². The first kappa shape index (κ1) is 19.1. The van der Waals surface area contributed by atoms with Gasteiger partial charge in [-0.15, -0.1) is 0 Å². The lowest BCUT2D eigenvalue weighted by atomic mass is 9.80. The van der Waals surface area contributed by atoms with Crippen LogP contribution in [0.4, 0.5) is 0 Å². The van der Waals surface area contributed by atoms with E-state index in [1.807, 2.05) is 0 Å². The molecule has 2 heteroatoms. The van der Waals surface area contributed by atoms with Crippen LogP contribution in [0.2, 0.25) is 0 Å². The fraction of sp³-hybridized carbons (Fsp3) is 0.800. The van der Waals surface area contributed by atoms with E-state index in [4.69, 9.17) is 9.47 Å². The summed E-state index contributed by atoms with van der Waals surface area (Å²) in [5.74, 6) is 3.83. The van der Waals surface area contributed by atoms with Crippen molar-refractivity contribution in [1.29, 1.82) is 0 Å². The molecule has 128 valence electrons. The smallest absolute Gasteiger partial charge is 0.148 e. The van der Waals surface area contributed by atoms with Crippen molar-refractivity contribution in [1.82, 2.24) is 0 Å². The lowest BCUT2D eigenvalue weighted by molar-refractivity contribution is 0.0414. The van der Waals surface area contributed by atoms with Crippen molar-refractivity contribution in [2.45, 2.75) is 83.1 Å². The van der Waals surface area contributed by atoms with E-state index in [1.54, 1.807) is 0 Å². The van der Waals surface area contributed by atoms with Crippen LogP contribution in [-0.2, 0) is 9.47 Å². The minimum Gasteiger partial charge on any atom is -0.458 e. The molecular formula is C20H36O2. The molecule has 0 aromatic rings. The molecule has 0 fully saturated rings. The maximum atomic E-state index is 6.53. The average Bonchev–Trinajstić information content (AvgIpc) is 2.22. The second kappa shape index (κ2) is 5.32. The van der Waals surface area contributed by atoms with Gasteiger partial charge in [0.15, 0.2) is 0 Å². The van der Waals surface area contributed by atoms with E-state index in [0.29, 0.717) is 0 Å². The largest absolute Gasteiger partial charge is 0.458 e. The summed E-state index contributed by atoms with van der Waals surface area (Å²) < 4.78 is 13.1. The molecule has 1 aliphatic heterocycles. The first-order valence-electron chi connectivity index (χ1n) is 8.32. The molecule has 1 heterocycles. The van der Waals surface area contributed by atoms with Gasteiger partial charge in [0, 0.05) is 21.7 Å². The van der Waals surface area contributed by atoms with Crippen LogP contribution < -0.4 is 0 Å². The van der Waals surface area contributed by atoms with Crippen LogP contribution in [-0.4, -0.2) is 0 Å². The number of rotatable bonds is 0. The molecule has 0 atom stereocenters. The van der Waals surface area contributed by atoms with Crippen LogP contribution in [0.5, 0.6) is 0 Å². The molecular weight excluding hydrogens is 272 g/mol. The Balaban J connectivity index is 3.57. The third-order valence-corrected chi connectivity index (χ3v) is 3.55. The number of ether oxygens (including phenoxy) is 2. The van der Waals surface area contributed by atoms with Gasteiger partial charge in [0.2, 0.25) is 0 Å². The minimum atomic E-state index is -0.0947. The molecule has 0 aliphatic carbocycles. The van der Waals surface area contributed by atoms with Crippen molar-refractivity contribution < 1.29 is 9.47 Å². The standard InChI is InChI=1S/C20H36O2/c1-17(2,3)13-14(18(4,5)6)22-16(20(10,11)12)15(21-13)19(7,8)9/h1-12H3. The molecule has 22 heavy (non-hydrogen) atoms. The highest BCUT2D eigenvalue weighted by atomic mass is 16.6. The third kappa shape index (κ3) is 4.08. The Bertz CT molecular complexity index is 400. The van der Waals surface area contributed by atoms with Gasteiger partial charge in [-0.25, -0.2) is 0 Å². The number of hydrogen-bond acceptors (Lipinski definition) is 2. The van der Waals surface area contributed by atoms with Gasteiger partial charge in [0.1, 0.15) is 23.0 Å². The summed E-state index contributed by atoms with van der Waals surface area (Å²) in [7, 11) is 0. The van der Waals surface area contributed by atoms with Gasteiger partial charge in [-0.3, -0.25) is 0 Å². The molecule has 0 saturated heterocycles. The summed E-state index contributed by atoms with van der Waals surface area (Å²) in [6.07, 6.45) is 0. The quantitative estimate of drug-likeness (QED) is 0.499. The molecule has 1 rings (SSSR count). The molecule has 0 unspecified atom stereocenters. The van der Waals surface area contributed by atoms with E-state index in [0.717, 1.165) is 23.0 Å². The van der Waals surface area contributed by atoms with Crippen molar-refractivity contribution in [3.05, 3.63) is 23.0 Å². The van der Waals surface area contributed by atoms with Crippen LogP contribution in [0.3, 0.4) is 0 Å². The van der Waals surface area contributed by atoms with Crippen molar-refractivity contribution in [2.24, 2.45) is 21.7 Å². The maximum Gasteiger partial charge on any atom is 0.148 e. The summed E-state index contributed by atoms with van der Waals surface area (Å²) in [6.45, 7) is 26.2. The van der Waals surface area contributed by atoms with Crippen LogP contribution in [0.25, 0.3) is 0 Å². The Hall–Kier alpha value is -0.920. The zero-order valence-corrected chi connectivity index (χ0v) is 16.8. The molecule has 2 nitrogen and oxygen atoms in total. The van der Waals surface area contributed by atoms with Crippen molar-refractivity contribution in [3.63, 3.8) is 0 Å². The summed E-state index contributed by atoms with van der Waals surface area (Å²) in [5.41, 5.74) is -0.379. The van der Waals surface area contributed by atoms with Gasteiger partial charge in [0.05, 0.1) is 0 Å². The summed E-state index contributed by atoms with van der Waals surface area (Å²) in [5, 5.41) is 0. The highest BCUT2D eigenvalue weighted by molar-refractivity contribution is 5.28. The second-order valence-electron chi connectivity index (χ2n) is 10.5. The molecule has 0 N–H and O–H groups in total. The van der Waals surface area contributed by atoms with Crippen LogP contribution in [0.15, 0.2) is 23.0 Å². The van der Waals surface area contributed by atoms with E-state index in [1.165, 1.54) is 0 Å². The van der Waals surface area contributed by atoms with E-state index in [-0.39, 0.29) is 21.7 Å². The van der Waals surface area contributed by atoms with Gasteiger partial charge >= 0.3 is 0 Å². The molecule has 0 spiro atoms. The molecule has 0 radical (unpaired) electrons. The fourth-order valence-electron chi connectivity index (χ4n) is 2.36. The fourth-order valence-corrected chi connectivity index (χ4v) is 2.36. The molecule has 0 bridgehead atoms. The first-order valence-corrected chi connectivity index (χ1v) is 8.32. The predicted octanol–water partition coefficient (Wildman–Crippen LogP) is 6.64. The van der Waals surface area contributed by atoms with Crippen molar-refractivity contribution >= 4 is 0 Å². The summed E-state index contributed by atoms with van der Waals surface area (Å²) in [4.78, 5) is 0. The summed E-state index contributed by atoms with van der Waals surface area (Å²) >= 11 is 0.